The molecule has 3 nitrogen and oxygen atoms in total. The fourth-order valence-electron chi connectivity index (χ4n) is 2.48. The van der Waals surface area contributed by atoms with Crippen molar-refractivity contribution in [2.75, 3.05) is 27.7 Å². The fraction of sp³-hybridized carbons (Fsp3) is 0.571. The summed E-state index contributed by atoms with van der Waals surface area (Å²) in [6, 6.07) is 9.50. The number of methoxy groups -OCH3 is 1. The summed E-state index contributed by atoms with van der Waals surface area (Å²) in [7, 11) is 6.05. The van der Waals surface area contributed by atoms with Crippen molar-refractivity contribution in [1.29, 1.82) is 0 Å². The summed E-state index contributed by atoms with van der Waals surface area (Å²) in [5.74, 6) is 0.941. The maximum Gasteiger partial charge on any atom is 0.119 e. The highest BCUT2D eigenvalue weighted by molar-refractivity contribution is 5.30. The lowest BCUT2D eigenvalue weighted by Crippen LogP contribution is -2.41. The monoisotopic (exact) mass is 234 g/mol. The Bertz CT molecular complexity index is 365. The Morgan fingerprint density at radius 2 is 2.18 bits per heavy atom. The molecular weight excluding hydrogens is 212 g/mol. The predicted octanol–water partition coefficient (Wildman–Crippen LogP) is 2.05. The lowest BCUT2D eigenvalue weighted by Gasteiger charge is -2.34. The molecule has 0 radical (unpaired) electrons. The van der Waals surface area contributed by atoms with Gasteiger partial charge in [-0.2, -0.15) is 0 Å². The molecule has 1 fully saturated rings. The molecule has 94 valence electrons. The van der Waals surface area contributed by atoms with Crippen molar-refractivity contribution >= 4 is 0 Å². The minimum absolute atomic E-state index is 0.450. The van der Waals surface area contributed by atoms with Gasteiger partial charge in [0.2, 0.25) is 0 Å². The number of hydrogen-bond acceptors (Lipinski definition) is 3. The van der Waals surface area contributed by atoms with Crippen LogP contribution in [0.4, 0.5) is 0 Å². The Morgan fingerprint density at radius 1 is 1.35 bits per heavy atom. The first kappa shape index (κ1) is 12.4. The molecule has 0 aliphatic carbocycles. The van der Waals surface area contributed by atoms with Crippen LogP contribution in [0.3, 0.4) is 0 Å². The normalized spacial score (nSPS) is 24.9. The van der Waals surface area contributed by atoms with E-state index in [1.807, 2.05) is 6.07 Å². The number of nitrogens with zero attached hydrogens (tertiary/aromatic N) is 1. The molecule has 2 unspecified atom stereocenters. The van der Waals surface area contributed by atoms with Crippen molar-refractivity contribution in [3.63, 3.8) is 0 Å². The number of hydrogen-bond donors (Lipinski definition) is 1. The van der Waals surface area contributed by atoms with E-state index in [9.17, 15) is 0 Å². The average molecular weight is 234 g/mol. The molecule has 17 heavy (non-hydrogen) atoms. The van der Waals surface area contributed by atoms with Crippen LogP contribution in [0.25, 0.3) is 0 Å². The van der Waals surface area contributed by atoms with Crippen LogP contribution in [0.5, 0.6) is 5.75 Å². The summed E-state index contributed by atoms with van der Waals surface area (Å²) in [6.07, 6.45) is 2.40. The molecule has 0 amide bonds. The Balaban J connectivity index is 2.10. The molecule has 0 saturated carbocycles. The van der Waals surface area contributed by atoms with E-state index in [4.69, 9.17) is 4.74 Å². The van der Waals surface area contributed by atoms with E-state index in [1.54, 1.807) is 7.11 Å². The molecule has 0 spiro atoms. The largest absolute Gasteiger partial charge is 0.497 e. The molecule has 1 aromatic carbocycles. The smallest absolute Gasteiger partial charge is 0.119 e. The Kier molecular flexibility index (Phi) is 4.02. The highest BCUT2D eigenvalue weighted by Gasteiger charge is 2.23. The SMILES string of the molecule is COc1cccc(C2CC(N(C)C)CCN2)c1. The molecule has 2 rings (SSSR count). The van der Waals surface area contributed by atoms with Gasteiger partial charge in [-0.1, -0.05) is 12.1 Å². The van der Waals surface area contributed by atoms with Gasteiger partial charge < -0.3 is 15.0 Å². The first-order valence-corrected chi connectivity index (χ1v) is 6.24. The van der Waals surface area contributed by atoms with Crippen molar-refractivity contribution < 1.29 is 4.74 Å². The van der Waals surface area contributed by atoms with Crippen LogP contribution in [0, 0.1) is 0 Å². The quantitative estimate of drug-likeness (QED) is 0.866. The molecule has 1 aliphatic rings. The zero-order valence-electron chi connectivity index (χ0n) is 10.9. The van der Waals surface area contributed by atoms with E-state index in [1.165, 1.54) is 18.4 Å². The van der Waals surface area contributed by atoms with Gasteiger partial charge in [0, 0.05) is 12.1 Å². The van der Waals surface area contributed by atoms with Gasteiger partial charge in [-0.3, -0.25) is 0 Å². The third kappa shape index (κ3) is 2.99. The summed E-state index contributed by atoms with van der Waals surface area (Å²) in [5, 5.41) is 3.59. The fourth-order valence-corrected chi connectivity index (χ4v) is 2.48. The van der Waals surface area contributed by atoms with Crippen molar-refractivity contribution in [2.45, 2.75) is 24.9 Å². The third-order valence-corrected chi connectivity index (χ3v) is 3.60. The molecule has 0 bridgehead atoms. The molecule has 1 aliphatic heterocycles. The van der Waals surface area contributed by atoms with Gasteiger partial charge >= 0.3 is 0 Å². The first-order chi connectivity index (χ1) is 8.20. The van der Waals surface area contributed by atoms with Crippen LogP contribution in [0.2, 0.25) is 0 Å². The minimum Gasteiger partial charge on any atom is -0.497 e. The van der Waals surface area contributed by atoms with Gasteiger partial charge in [-0.15, -0.1) is 0 Å². The van der Waals surface area contributed by atoms with E-state index in [0.717, 1.165) is 12.3 Å². The number of ether oxygens (including phenoxy) is 1. The predicted molar refractivity (Wildman–Crippen MR) is 70.4 cm³/mol. The van der Waals surface area contributed by atoms with E-state index in [-0.39, 0.29) is 0 Å². The van der Waals surface area contributed by atoms with E-state index in [2.05, 4.69) is 42.5 Å². The Morgan fingerprint density at radius 3 is 2.88 bits per heavy atom. The van der Waals surface area contributed by atoms with Gasteiger partial charge in [0.25, 0.3) is 0 Å². The average Bonchev–Trinajstić information content (AvgIpc) is 2.39. The van der Waals surface area contributed by atoms with Crippen molar-refractivity contribution in [3.05, 3.63) is 29.8 Å². The van der Waals surface area contributed by atoms with Crippen molar-refractivity contribution in [3.8, 4) is 5.75 Å². The molecule has 1 heterocycles. The highest BCUT2D eigenvalue weighted by atomic mass is 16.5. The summed E-state index contributed by atoms with van der Waals surface area (Å²) < 4.78 is 5.28. The molecule has 1 N–H and O–H groups in total. The molecule has 2 atom stereocenters. The second-order valence-electron chi connectivity index (χ2n) is 4.93. The number of nitrogens with one attached hydrogen (secondary N) is 1. The van der Waals surface area contributed by atoms with E-state index in [0.29, 0.717) is 12.1 Å². The van der Waals surface area contributed by atoms with Gasteiger partial charge in [-0.25, -0.2) is 0 Å². The van der Waals surface area contributed by atoms with Crippen LogP contribution < -0.4 is 10.1 Å². The van der Waals surface area contributed by atoms with E-state index >= 15 is 0 Å². The third-order valence-electron chi connectivity index (χ3n) is 3.60. The molecule has 1 aromatic rings. The van der Waals surface area contributed by atoms with Crippen molar-refractivity contribution in [2.24, 2.45) is 0 Å². The summed E-state index contributed by atoms with van der Waals surface area (Å²) >= 11 is 0. The van der Waals surface area contributed by atoms with Gasteiger partial charge in [0.05, 0.1) is 7.11 Å². The zero-order chi connectivity index (χ0) is 12.3. The number of benzene rings is 1. The first-order valence-electron chi connectivity index (χ1n) is 6.24. The molecule has 0 aromatic heterocycles. The second-order valence-corrected chi connectivity index (χ2v) is 4.93. The number of rotatable bonds is 3. The standard InChI is InChI=1S/C14H22N2O/c1-16(2)12-7-8-15-14(10-12)11-5-4-6-13(9-11)17-3/h4-6,9,12,14-15H,7-8,10H2,1-3H3. The molecule has 3 heteroatoms. The minimum atomic E-state index is 0.450. The molecular formula is C14H22N2O. The summed E-state index contributed by atoms with van der Waals surface area (Å²) in [6.45, 7) is 1.09. The van der Waals surface area contributed by atoms with E-state index < -0.39 is 0 Å². The Labute approximate surface area is 104 Å². The summed E-state index contributed by atoms with van der Waals surface area (Å²) in [4.78, 5) is 2.33. The topological polar surface area (TPSA) is 24.5 Å². The van der Waals surface area contributed by atoms with Gasteiger partial charge in [-0.05, 0) is 51.2 Å². The highest BCUT2D eigenvalue weighted by Crippen LogP contribution is 2.27. The maximum atomic E-state index is 5.28. The van der Waals surface area contributed by atoms with Gasteiger partial charge in [0.1, 0.15) is 5.75 Å². The lowest BCUT2D eigenvalue weighted by molar-refractivity contribution is 0.207. The number of piperidine rings is 1. The lowest BCUT2D eigenvalue weighted by atomic mass is 9.93. The maximum absolute atomic E-state index is 5.28. The van der Waals surface area contributed by atoms with Crippen LogP contribution in [0.15, 0.2) is 24.3 Å². The van der Waals surface area contributed by atoms with Crippen LogP contribution in [-0.2, 0) is 0 Å². The van der Waals surface area contributed by atoms with Crippen LogP contribution in [-0.4, -0.2) is 38.7 Å². The van der Waals surface area contributed by atoms with Gasteiger partial charge in [0.15, 0.2) is 0 Å². The second kappa shape index (κ2) is 5.52. The van der Waals surface area contributed by atoms with Crippen molar-refractivity contribution in [1.82, 2.24) is 10.2 Å². The van der Waals surface area contributed by atoms with Crippen LogP contribution >= 0.6 is 0 Å². The zero-order valence-corrected chi connectivity index (χ0v) is 10.9. The molecule has 1 saturated heterocycles. The summed E-state index contributed by atoms with van der Waals surface area (Å²) in [5.41, 5.74) is 1.33. The Hall–Kier alpha value is -1.06. The van der Waals surface area contributed by atoms with Crippen LogP contribution in [0.1, 0.15) is 24.4 Å².